The Balaban J connectivity index is 1.31. The minimum atomic E-state index is -0.00212. The predicted molar refractivity (Wildman–Crippen MR) is 156 cm³/mol. The van der Waals surface area contributed by atoms with E-state index in [0.29, 0.717) is 5.92 Å². The number of anilines is 4. The second kappa shape index (κ2) is 10.9. The first-order chi connectivity index (χ1) is 18.7. The molecule has 3 aromatic carbocycles. The van der Waals surface area contributed by atoms with E-state index in [2.05, 4.69) is 56.5 Å². The van der Waals surface area contributed by atoms with Gasteiger partial charge in [-0.2, -0.15) is 0 Å². The van der Waals surface area contributed by atoms with Crippen molar-refractivity contribution >= 4 is 33.8 Å². The molecule has 2 fully saturated rings. The maximum Gasteiger partial charge on any atom is 0.326 e. The molecule has 0 bridgehead atoms. The average molecular weight is 512 g/mol. The number of methoxy groups -OCH3 is 1. The molecule has 4 aromatic rings. The molecule has 7 nitrogen and oxygen atoms in total. The molecule has 6 rings (SSSR count). The van der Waals surface area contributed by atoms with Crippen LogP contribution in [0.3, 0.4) is 0 Å². The lowest BCUT2D eigenvalue weighted by atomic mass is 9.89. The number of ether oxygens (including phenoxy) is 1. The number of H-pyrrole nitrogens is 1. The Morgan fingerprint density at radius 1 is 0.895 bits per heavy atom. The van der Waals surface area contributed by atoms with Crippen LogP contribution in [0.25, 0.3) is 11.0 Å². The summed E-state index contributed by atoms with van der Waals surface area (Å²) in [4.78, 5) is 21.1. The average Bonchev–Trinajstić information content (AvgIpc) is 3.27. The highest BCUT2D eigenvalue weighted by molar-refractivity contribution is 5.90. The van der Waals surface area contributed by atoms with E-state index in [-0.39, 0.29) is 5.69 Å². The fraction of sp³-hybridized carbons (Fsp3) is 0.387. The normalized spacial score (nSPS) is 16.7. The molecule has 1 saturated carbocycles. The number of nitrogens with zero attached hydrogens (tertiary/aromatic N) is 3. The van der Waals surface area contributed by atoms with Crippen LogP contribution in [0.2, 0.25) is 0 Å². The number of aromatic amines is 1. The second-order valence-electron chi connectivity index (χ2n) is 10.6. The maximum atomic E-state index is 13.1. The smallest absolute Gasteiger partial charge is 0.326 e. The van der Waals surface area contributed by atoms with Crippen molar-refractivity contribution < 1.29 is 4.74 Å². The summed E-state index contributed by atoms with van der Waals surface area (Å²) in [5.41, 5.74) is 6.32. The molecule has 2 N–H and O–H groups in total. The summed E-state index contributed by atoms with van der Waals surface area (Å²) in [5, 5.41) is 3.63. The summed E-state index contributed by atoms with van der Waals surface area (Å²) in [6.07, 6.45) is 6.30. The van der Waals surface area contributed by atoms with Crippen LogP contribution >= 0.6 is 0 Å². The maximum absolute atomic E-state index is 13.1. The van der Waals surface area contributed by atoms with E-state index >= 15 is 0 Å². The van der Waals surface area contributed by atoms with Crippen molar-refractivity contribution in [2.24, 2.45) is 5.92 Å². The van der Waals surface area contributed by atoms with E-state index in [1.54, 1.807) is 7.11 Å². The standard InChI is InChI=1S/C31H37N5O2/c1-38-26-14-12-25(13-15-26)34-16-18-35(19-17-34)29-21-30-28(20-27(29)32-24-10-6-3-7-11-24)33-31(37)36(30)22-23-8-4-2-5-9-23/h3,6-7,10-15,20-21,23,32H,2,4-5,8-9,16-19,22H2,1H3,(H,33,37). The van der Waals surface area contributed by atoms with Gasteiger partial charge in [0, 0.05) is 44.1 Å². The first kappa shape index (κ1) is 24.5. The van der Waals surface area contributed by atoms with Crippen LogP contribution in [0.5, 0.6) is 5.75 Å². The van der Waals surface area contributed by atoms with Gasteiger partial charge in [-0.3, -0.25) is 4.57 Å². The Morgan fingerprint density at radius 2 is 1.61 bits per heavy atom. The topological polar surface area (TPSA) is 65.5 Å². The third-order valence-corrected chi connectivity index (χ3v) is 8.17. The third-order valence-electron chi connectivity index (χ3n) is 8.17. The third kappa shape index (κ3) is 5.10. The molecule has 1 aromatic heterocycles. The number of aromatic nitrogens is 2. The highest BCUT2D eigenvalue weighted by Gasteiger charge is 2.23. The van der Waals surface area contributed by atoms with E-state index in [1.807, 2.05) is 34.9 Å². The molecule has 0 amide bonds. The van der Waals surface area contributed by atoms with Crippen LogP contribution in [-0.4, -0.2) is 42.8 Å². The number of piperazine rings is 1. The van der Waals surface area contributed by atoms with Crippen LogP contribution in [0.1, 0.15) is 32.1 Å². The van der Waals surface area contributed by atoms with Gasteiger partial charge in [-0.1, -0.05) is 37.5 Å². The molecule has 2 heterocycles. The molecular weight excluding hydrogens is 474 g/mol. The van der Waals surface area contributed by atoms with Gasteiger partial charge in [0.2, 0.25) is 0 Å². The number of rotatable bonds is 7. The Labute approximate surface area is 224 Å². The Bertz CT molecular complexity index is 1410. The van der Waals surface area contributed by atoms with Gasteiger partial charge in [0.25, 0.3) is 0 Å². The van der Waals surface area contributed by atoms with Crippen LogP contribution < -0.4 is 25.5 Å². The van der Waals surface area contributed by atoms with Gasteiger partial charge in [0.15, 0.2) is 0 Å². The van der Waals surface area contributed by atoms with Gasteiger partial charge in [0.05, 0.1) is 29.5 Å². The molecule has 1 saturated heterocycles. The SMILES string of the molecule is COc1ccc(N2CCN(c3cc4c(cc3Nc3ccccc3)[nH]c(=O)n4CC3CCCCC3)CC2)cc1. The zero-order valence-electron chi connectivity index (χ0n) is 22.2. The van der Waals surface area contributed by atoms with Crippen molar-refractivity contribution in [3.05, 3.63) is 77.2 Å². The summed E-state index contributed by atoms with van der Waals surface area (Å²) in [5.74, 6) is 1.46. The molecular formula is C31H37N5O2. The van der Waals surface area contributed by atoms with Crippen molar-refractivity contribution in [3.8, 4) is 5.75 Å². The van der Waals surface area contributed by atoms with E-state index in [9.17, 15) is 4.79 Å². The second-order valence-corrected chi connectivity index (χ2v) is 10.6. The van der Waals surface area contributed by atoms with Crippen LogP contribution in [-0.2, 0) is 6.54 Å². The predicted octanol–water partition coefficient (Wildman–Crippen LogP) is 5.99. The highest BCUT2D eigenvalue weighted by Crippen LogP contribution is 2.35. The van der Waals surface area contributed by atoms with Crippen molar-refractivity contribution in [2.75, 3.05) is 48.4 Å². The van der Waals surface area contributed by atoms with Crippen LogP contribution in [0, 0.1) is 5.92 Å². The quantitative estimate of drug-likeness (QED) is 0.319. The van der Waals surface area contributed by atoms with Gasteiger partial charge < -0.3 is 24.8 Å². The number of hydrogen-bond donors (Lipinski definition) is 2. The van der Waals surface area contributed by atoms with Gasteiger partial charge >= 0.3 is 5.69 Å². The number of benzene rings is 3. The van der Waals surface area contributed by atoms with Gasteiger partial charge in [-0.15, -0.1) is 0 Å². The van der Waals surface area contributed by atoms with E-state index in [1.165, 1.54) is 37.8 Å². The Morgan fingerprint density at radius 3 is 2.32 bits per heavy atom. The zero-order valence-corrected chi connectivity index (χ0v) is 22.2. The fourth-order valence-electron chi connectivity index (χ4n) is 6.04. The first-order valence-corrected chi connectivity index (χ1v) is 13.9. The molecule has 2 aliphatic rings. The van der Waals surface area contributed by atoms with E-state index in [0.717, 1.165) is 66.6 Å². The lowest BCUT2D eigenvalue weighted by Crippen LogP contribution is -2.46. The molecule has 1 aliphatic carbocycles. The molecule has 0 unspecified atom stereocenters. The van der Waals surface area contributed by atoms with E-state index in [4.69, 9.17) is 4.74 Å². The fourth-order valence-corrected chi connectivity index (χ4v) is 6.04. The molecule has 1 aliphatic heterocycles. The summed E-state index contributed by atoms with van der Waals surface area (Å²) >= 11 is 0. The summed E-state index contributed by atoms with van der Waals surface area (Å²) in [6.45, 7) is 4.46. The summed E-state index contributed by atoms with van der Waals surface area (Å²) in [7, 11) is 1.70. The van der Waals surface area contributed by atoms with Gasteiger partial charge in [0.1, 0.15) is 5.75 Å². The lowest BCUT2D eigenvalue weighted by Gasteiger charge is -2.38. The number of fused-ring (bicyclic) bond motifs is 1. The minimum absolute atomic E-state index is 0.00212. The molecule has 7 heteroatoms. The van der Waals surface area contributed by atoms with Gasteiger partial charge in [-0.25, -0.2) is 4.79 Å². The van der Waals surface area contributed by atoms with Crippen molar-refractivity contribution in [3.63, 3.8) is 0 Å². The molecule has 198 valence electrons. The summed E-state index contributed by atoms with van der Waals surface area (Å²) in [6, 6.07) is 22.9. The van der Waals surface area contributed by atoms with E-state index < -0.39 is 0 Å². The Hall–Kier alpha value is -3.87. The zero-order chi connectivity index (χ0) is 25.9. The molecule has 38 heavy (non-hydrogen) atoms. The van der Waals surface area contributed by atoms with Crippen molar-refractivity contribution in [2.45, 2.75) is 38.6 Å². The lowest BCUT2D eigenvalue weighted by molar-refractivity contribution is 0.319. The molecule has 0 spiro atoms. The van der Waals surface area contributed by atoms with Crippen LogP contribution in [0.4, 0.5) is 22.7 Å². The number of nitrogens with one attached hydrogen (secondary N) is 2. The highest BCUT2D eigenvalue weighted by atomic mass is 16.5. The van der Waals surface area contributed by atoms with Crippen LogP contribution in [0.15, 0.2) is 71.5 Å². The van der Waals surface area contributed by atoms with Crippen molar-refractivity contribution in [1.82, 2.24) is 9.55 Å². The number of para-hydroxylation sites is 1. The van der Waals surface area contributed by atoms with Crippen molar-refractivity contribution in [1.29, 1.82) is 0 Å². The summed E-state index contributed by atoms with van der Waals surface area (Å²) < 4.78 is 7.31. The number of hydrogen-bond acceptors (Lipinski definition) is 5. The number of imidazole rings is 1. The molecule has 0 radical (unpaired) electrons. The monoisotopic (exact) mass is 511 g/mol. The molecule has 0 atom stereocenters. The van der Waals surface area contributed by atoms with Gasteiger partial charge in [-0.05, 0) is 67.3 Å². The minimum Gasteiger partial charge on any atom is -0.497 e. The Kier molecular flexibility index (Phi) is 6.99. The largest absolute Gasteiger partial charge is 0.497 e. The first-order valence-electron chi connectivity index (χ1n) is 13.9.